The highest BCUT2D eigenvalue weighted by atomic mass is 79.9. The van der Waals surface area contributed by atoms with Crippen molar-refractivity contribution in [2.45, 2.75) is 5.16 Å². The van der Waals surface area contributed by atoms with Gasteiger partial charge >= 0.3 is 0 Å². The van der Waals surface area contributed by atoms with Crippen LogP contribution in [0.25, 0.3) is 17.1 Å². The number of ether oxygens (including phenoxy) is 1. The molecule has 172 valence electrons. The largest absolute Gasteiger partial charge is 0.497 e. The van der Waals surface area contributed by atoms with Gasteiger partial charge in [0, 0.05) is 20.7 Å². The number of thioether (sulfide) groups is 1. The molecule has 7 nitrogen and oxygen atoms in total. The van der Waals surface area contributed by atoms with Crippen molar-refractivity contribution in [3.05, 3.63) is 87.9 Å². The van der Waals surface area contributed by atoms with Gasteiger partial charge in [0.2, 0.25) is 0 Å². The van der Waals surface area contributed by atoms with E-state index in [9.17, 15) is 4.79 Å². The first-order chi connectivity index (χ1) is 16.5. The van der Waals surface area contributed by atoms with Crippen LogP contribution in [-0.2, 0) is 4.79 Å². The molecule has 3 aromatic carbocycles. The molecule has 4 rings (SSSR count). The summed E-state index contributed by atoms with van der Waals surface area (Å²) < 4.78 is 8.08. The average Bonchev–Trinajstić information content (AvgIpc) is 3.27. The molecule has 1 N–H and O–H groups in total. The first-order valence-electron chi connectivity index (χ1n) is 10.1. The van der Waals surface area contributed by atoms with E-state index >= 15 is 0 Å². The first-order valence-corrected chi connectivity index (χ1v) is 12.2. The number of rotatable bonds is 8. The van der Waals surface area contributed by atoms with Crippen LogP contribution in [0.3, 0.4) is 0 Å². The van der Waals surface area contributed by atoms with Gasteiger partial charge in [-0.3, -0.25) is 9.36 Å². The Bertz CT molecular complexity index is 1310. The summed E-state index contributed by atoms with van der Waals surface area (Å²) in [5, 5.41) is 13.9. The quantitative estimate of drug-likeness (QED) is 0.174. The van der Waals surface area contributed by atoms with Gasteiger partial charge < -0.3 is 4.74 Å². The van der Waals surface area contributed by atoms with Crippen LogP contribution in [0.15, 0.2) is 87.5 Å². The number of carbonyl (C=O) groups excluding carboxylic acids is 1. The molecular weight excluding hydrogens is 538 g/mol. The van der Waals surface area contributed by atoms with Crippen molar-refractivity contribution in [1.29, 1.82) is 0 Å². The second kappa shape index (κ2) is 11.3. The SMILES string of the molecule is COc1ccc(-c2nnc(SCC(=O)NN=Cc3cccc(Br)c3)n2-c2ccc(Cl)cc2)cc1. The van der Waals surface area contributed by atoms with E-state index in [-0.39, 0.29) is 11.7 Å². The summed E-state index contributed by atoms with van der Waals surface area (Å²) >= 11 is 10.8. The number of methoxy groups -OCH3 is 1. The van der Waals surface area contributed by atoms with E-state index in [2.05, 4.69) is 36.7 Å². The van der Waals surface area contributed by atoms with E-state index in [4.69, 9.17) is 16.3 Å². The predicted molar refractivity (Wildman–Crippen MR) is 139 cm³/mol. The van der Waals surface area contributed by atoms with Gasteiger partial charge in [-0.05, 0) is 66.2 Å². The molecular formula is C24H19BrClN5O2S. The summed E-state index contributed by atoms with van der Waals surface area (Å²) in [5.74, 6) is 1.24. The summed E-state index contributed by atoms with van der Waals surface area (Å²) in [6.07, 6.45) is 1.59. The molecule has 0 saturated heterocycles. The molecule has 0 aliphatic rings. The standard InChI is InChI=1S/C24H19BrClN5O2S/c1-33-21-11-5-17(6-12-21)23-29-30-24(31(23)20-9-7-19(26)8-10-20)34-15-22(32)28-27-14-16-3-2-4-18(25)13-16/h2-14H,15H2,1H3,(H,28,32). The third-order valence-corrected chi connectivity index (χ3v) is 6.32. The third-order valence-electron chi connectivity index (χ3n) is 4.65. The zero-order valence-corrected chi connectivity index (χ0v) is 21.1. The predicted octanol–water partition coefficient (Wildman–Crippen LogP) is 5.60. The highest BCUT2D eigenvalue weighted by Crippen LogP contribution is 2.29. The maximum absolute atomic E-state index is 12.4. The Morgan fingerprint density at radius 1 is 1.15 bits per heavy atom. The Kier molecular flexibility index (Phi) is 7.99. The van der Waals surface area contributed by atoms with Gasteiger partial charge in [-0.2, -0.15) is 5.10 Å². The van der Waals surface area contributed by atoms with E-state index in [1.807, 2.05) is 65.2 Å². The Balaban J connectivity index is 1.52. The number of benzene rings is 3. The van der Waals surface area contributed by atoms with E-state index in [0.717, 1.165) is 27.0 Å². The Morgan fingerprint density at radius 3 is 2.62 bits per heavy atom. The number of nitrogens with zero attached hydrogens (tertiary/aromatic N) is 4. The third kappa shape index (κ3) is 6.05. The number of amides is 1. The number of hydrogen-bond acceptors (Lipinski definition) is 6. The van der Waals surface area contributed by atoms with E-state index in [0.29, 0.717) is 16.0 Å². The van der Waals surface area contributed by atoms with Gasteiger partial charge in [-0.25, -0.2) is 5.43 Å². The average molecular weight is 557 g/mol. The van der Waals surface area contributed by atoms with Crippen molar-refractivity contribution in [1.82, 2.24) is 20.2 Å². The van der Waals surface area contributed by atoms with Crippen molar-refractivity contribution in [3.8, 4) is 22.8 Å². The normalized spacial score (nSPS) is 11.0. The number of carbonyl (C=O) groups is 1. The first kappa shape index (κ1) is 24.0. The minimum atomic E-state index is -0.257. The summed E-state index contributed by atoms with van der Waals surface area (Å²) in [5.41, 5.74) is 5.10. The van der Waals surface area contributed by atoms with Gasteiger partial charge in [0.1, 0.15) is 5.75 Å². The van der Waals surface area contributed by atoms with Crippen LogP contribution in [0, 0.1) is 0 Å². The zero-order valence-electron chi connectivity index (χ0n) is 18.0. The fourth-order valence-electron chi connectivity index (χ4n) is 3.04. The Hall–Kier alpha value is -3.14. The zero-order chi connectivity index (χ0) is 23.9. The van der Waals surface area contributed by atoms with Crippen LogP contribution in [0.5, 0.6) is 5.75 Å². The molecule has 1 aromatic heterocycles. The second-order valence-corrected chi connectivity index (χ2v) is 9.28. The van der Waals surface area contributed by atoms with Crippen molar-refractivity contribution in [2.24, 2.45) is 5.10 Å². The minimum Gasteiger partial charge on any atom is -0.497 e. The van der Waals surface area contributed by atoms with Crippen molar-refractivity contribution >= 4 is 51.4 Å². The topological polar surface area (TPSA) is 81.4 Å². The summed E-state index contributed by atoms with van der Waals surface area (Å²) in [6, 6.07) is 22.5. The van der Waals surface area contributed by atoms with Crippen LogP contribution < -0.4 is 10.2 Å². The fraction of sp³-hybridized carbons (Fsp3) is 0.0833. The van der Waals surface area contributed by atoms with E-state index in [1.54, 1.807) is 25.5 Å². The van der Waals surface area contributed by atoms with Crippen molar-refractivity contribution in [2.75, 3.05) is 12.9 Å². The Labute approximate surface area is 214 Å². The lowest BCUT2D eigenvalue weighted by Gasteiger charge is -2.11. The van der Waals surface area contributed by atoms with Gasteiger partial charge in [0.15, 0.2) is 11.0 Å². The number of nitrogens with one attached hydrogen (secondary N) is 1. The van der Waals surface area contributed by atoms with Crippen LogP contribution in [-0.4, -0.2) is 39.7 Å². The molecule has 0 unspecified atom stereocenters. The number of aromatic nitrogens is 3. The molecule has 0 aliphatic heterocycles. The van der Waals surface area contributed by atoms with E-state index in [1.165, 1.54) is 11.8 Å². The van der Waals surface area contributed by atoms with Crippen molar-refractivity contribution < 1.29 is 9.53 Å². The molecule has 0 aliphatic carbocycles. The van der Waals surface area contributed by atoms with Crippen LogP contribution in [0.1, 0.15) is 5.56 Å². The highest BCUT2D eigenvalue weighted by molar-refractivity contribution is 9.10. The molecule has 0 atom stereocenters. The maximum atomic E-state index is 12.4. The summed E-state index contributed by atoms with van der Waals surface area (Å²) in [6.45, 7) is 0. The van der Waals surface area contributed by atoms with E-state index < -0.39 is 0 Å². The summed E-state index contributed by atoms with van der Waals surface area (Å²) in [7, 11) is 1.62. The lowest BCUT2D eigenvalue weighted by molar-refractivity contribution is -0.118. The Morgan fingerprint density at radius 2 is 1.91 bits per heavy atom. The number of halogens is 2. The van der Waals surface area contributed by atoms with Gasteiger partial charge in [0.05, 0.1) is 19.1 Å². The lowest BCUT2D eigenvalue weighted by Crippen LogP contribution is -2.20. The molecule has 4 aromatic rings. The molecule has 0 bridgehead atoms. The van der Waals surface area contributed by atoms with Gasteiger partial charge in [-0.15, -0.1) is 10.2 Å². The molecule has 0 saturated carbocycles. The number of hydrazone groups is 1. The molecule has 0 radical (unpaired) electrons. The van der Waals surface area contributed by atoms with Crippen LogP contribution in [0.4, 0.5) is 0 Å². The molecule has 0 spiro atoms. The number of hydrogen-bond donors (Lipinski definition) is 1. The van der Waals surface area contributed by atoms with Crippen LogP contribution >= 0.6 is 39.3 Å². The lowest BCUT2D eigenvalue weighted by atomic mass is 10.2. The molecule has 1 heterocycles. The maximum Gasteiger partial charge on any atom is 0.250 e. The van der Waals surface area contributed by atoms with Crippen LogP contribution in [0.2, 0.25) is 5.02 Å². The summed E-state index contributed by atoms with van der Waals surface area (Å²) in [4.78, 5) is 12.4. The van der Waals surface area contributed by atoms with Crippen molar-refractivity contribution in [3.63, 3.8) is 0 Å². The molecule has 1 amide bonds. The second-order valence-electron chi connectivity index (χ2n) is 6.98. The molecule has 10 heteroatoms. The molecule has 0 fully saturated rings. The smallest absolute Gasteiger partial charge is 0.250 e. The van der Waals surface area contributed by atoms with Gasteiger partial charge in [0.25, 0.3) is 5.91 Å². The highest BCUT2D eigenvalue weighted by Gasteiger charge is 2.17. The van der Waals surface area contributed by atoms with Gasteiger partial charge in [-0.1, -0.05) is 51.4 Å². The fourth-order valence-corrected chi connectivity index (χ4v) is 4.33. The minimum absolute atomic E-state index is 0.115. The monoisotopic (exact) mass is 555 g/mol. The molecule has 34 heavy (non-hydrogen) atoms.